The number of hydrogen-bond donors (Lipinski definition) is 1. The highest BCUT2D eigenvalue weighted by molar-refractivity contribution is 4.73. The van der Waals surface area contributed by atoms with Gasteiger partial charge in [-0.05, 0) is 72.1 Å². The summed E-state index contributed by atoms with van der Waals surface area (Å²) in [5.74, 6) is 1.00. The van der Waals surface area contributed by atoms with E-state index in [-0.39, 0.29) is 5.54 Å². The van der Waals surface area contributed by atoms with Gasteiger partial charge in [-0.2, -0.15) is 0 Å². The summed E-state index contributed by atoms with van der Waals surface area (Å²) in [5, 5.41) is 3.55. The molecule has 1 aliphatic rings. The summed E-state index contributed by atoms with van der Waals surface area (Å²) in [7, 11) is 0. The molecule has 0 aliphatic carbocycles. The van der Waals surface area contributed by atoms with Crippen molar-refractivity contribution in [2.75, 3.05) is 26.2 Å². The molecule has 0 spiro atoms. The summed E-state index contributed by atoms with van der Waals surface area (Å²) < 4.78 is 0. The van der Waals surface area contributed by atoms with Crippen molar-refractivity contribution in [3.8, 4) is 0 Å². The van der Waals surface area contributed by atoms with Gasteiger partial charge < -0.3 is 10.2 Å². The number of rotatable bonds is 5. The van der Waals surface area contributed by atoms with Gasteiger partial charge in [0, 0.05) is 5.54 Å². The quantitative estimate of drug-likeness (QED) is 0.725. The van der Waals surface area contributed by atoms with Crippen molar-refractivity contribution in [3.05, 3.63) is 0 Å². The molecule has 0 aromatic carbocycles. The molecule has 0 radical (unpaired) electrons. The minimum Gasteiger partial charge on any atom is -0.312 e. The van der Waals surface area contributed by atoms with Crippen LogP contribution >= 0.6 is 0 Å². The fraction of sp³-hybridized carbons (Fsp3) is 1.00. The van der Waals surface area contributed by atoms with Gasteiger partial charge in [0.2, 0.25) is 0 Å². The van der Waals surface area contributed by atoms with Gasteiger partial charge in [0.1, 0.15) is 0 Å². The number of nitrogens with zero attached hydrogens (tertiary/aromatic N) is 1. The molecule has 2 nitrogen and oxygen atoms in total. The van der Waals surface area contributed by atoms with E-state index in [1.165, 1.54) is 45.3 Å². The first-order valence-corrected chi connectivity index (χ1v) is 6.98. The summed E-state index contributed by atoms with van der Waals surface area (Å²) in [4.78, 5) is 2.64. The highest BCUT2D eigenvalue weighted by Gasteiger charge is 2.17. The van der Waals surface area contributed by atoms with Crippen molar-refractivity contribution in [1.82, 2.24) is 10.2 Å². The monoisotopic (exact) mass is 226 g/mol. The maximum absolute atomic E-state index is 3.55. The first-order chi connectivity index (χ1) is 7.51. The highest BCUT2D eigenvalue weighted by Crippen LogP contribution is 2.19. The van der Waals surface area contributed by atoms with Crippen LogP contribution in [0.4, 0.5) is 0 Å². The molecule has 1 rings (SSSR count). The summed E-state index contributed by atoms with van der Waals surface area (Å²) >= 11 is 0. The Bertz CT molecular complexity index is 176. The Morgan fingerprint density at radius 2 is 1.81 bits per heavy atom. The summed E-state index contributed by atoms with van der Waals surface area (Å²) in [6, 6.07) is 0. The highest BCUT2D eigenvalue weighted by atomic mass is 15.1. The Hall–Kier alpha value is -0.0800. The normalized spacial score (nSPS) is 20.2. The first kappa shape index (κ1) is 14.0. The molecular weight excluding hydrogens is 196 g/mol. The van der Waals surface area contributed by atoms with Crippen molar-refractivity contribution in [2.24, 2.45) is 5.92 Å². The average molecular weight is 226 g/mol. The molecule has 0 aromatic rings. The number of hydrogen-bond acceptors (Lipinski definition) is 2. The van der Waals surface area contributed by atoms with Gasteiger partial charge in [-0.15, -0.1) is 0 Å². The standard InChI is InChI=1S/C14H30N2/c1-5-13-7-11-16(12-8-13)10-6-9-15-14(2,3)4/h13,15H,5-12H2,1-4H3. The lowest BCUT2D eigenvalue weighted by Crippen LogP contribution is -2.39. The van der Waals surface area contributed by atoms with Crippen LogP contribution in [0.15, 0.2) is 0 Å². The van der Waals surface area contributed by atoms with E-state index < -0.39 is 0 Å². The minimum absolute atomic E-state index is 0.273. The second kappa shape index (κ2) is 6.61. The van der Waals surface area contributed by atoms with Crippen LogP contribution in [0, 0.1) is 5.92 Å². The van der Waals surface area contributed by atoms with E-state index >= 15 is 0 Å². The molecule has 0 atom stereocenters. The number of likely N-dealkylation sites (tertiary alicyclic amines) is 1. The molecule has 0 bridgehead atoms. The van der Waals surface area contributed by atoms with Crippen LogP contribution in [0.5, 0.6) is 0 Å². The Labute approximate surface area is 102 Å². The van der Waals surface area contributed by atoms with Crippen LogP contribution in [0.2, 0.25) is 0 Å². The zero-order valence-corrected chi connectivity index (χ0v) is 11.7. The van der Waals surface area contributed by atoms with Crippen LogP contribution in [0.3, 0.4) is 0 Å². The van der Waals surface area contributed by atoms with Gasteiger partial charge in [-0.25, -0.2) is 0 Å². The maximum Gasteiger partial charge on any atom is 0.00965 e. The molecule has 2 heteroatoms. The van der Waals surface area contributed by atoms with Crippen molar-refractivity contribution < 1.29 is 0 Å². The van der Waals surface area contributed by atoms with Crippen LogP contribution in [-0.4, -0.2) is 36.6 Å². The predicted octanol–water partition coefficient (Wildman–Crippen LogP) is 2.89. The smallest absolute Gasteiger partial charge is 0.00965 e. The lowest BCUT2D eigenvalue weighted by atomic mass is 9.94. The van der Waals surface area contributed by atoms with Gasteiger partial charge in [0.25, 0.3) is 0 Å². The molecule has 1 heterocycles. The Morgan fingerprint density at radius 3 is 2.31 bits per heavy atom. The molecule has 1 aliphatic heterocycles. The molecule has 1 N–H and O–H groups in total. The van der Waals surface area contributed by atoms with E-state index in [4.69, 9.17) is 0 Å². The molecule has 0 unspecified atom stereocenters. The molecule has 1 saturated heterocycles. The molecule has 1 fully saturated rings. The van der Waals surface area contributed by atoms with Gasteiger partial charge >= 0.3 is 0 Å². The number of nitrogens with one attached hydrogen (secondary N) is 1. The van der Waals surface area contributed by atoms with E-state index in [0.29, 0.717) is 0 Å². The van der Waals surface area contributed by atoms with Gasteiger partial charge in [-0.3, -0.25) is 0 Å². The molecule has 0 amide bonds. The van der Waals surface area contributed by atoms with Gasteiger partial charge in [0.15, 0.2) is 0 Å². The van der Waals surface area contributed by atoms with Crippen LogP contribution in [0.25, 0.3) is 0 Å². The lowest BCUT2D eigenvalue weighted by molar-refractivity contribution is 0.179. The Kier molecular flexibility index (Phi) is 5.77. The largest absolute Gasteiger partial charge is 0.312 e. The van der Waals surface area contributed by atoms with Gasteiger partial charge in [0.05, 0.1) is 0 Å². The van der Waals surface area contributed by atoms with Crippen LogP contribution in [0.1, 0.15) is 53.4 Å². The Balaban J connectivity index is 2.02. The molecule has 0 aromatic heterocycles. The molecule has 16 heavy (non-hydrogen) atoms. The third-order valence-corrected chi connectivity index (χ3v) is 3.59. The summed E-state index contributed by atoms with van der Waals surface area (Å²) in [6.07, 6.45) is 5.50. The van der Waals surface area contributed by atoms with Crippen molar-refractivity contribution >= 4 is 0 Å². The second-order valence-electron chi connectivity index (χ2n) is 6.22. The zero-order valence-electron chi connectivity index (χ0n) is 11.7. The topological polar surface area (TPSA) is 15.3 Å². The van der Waals surface area contributed by atoms with Crippen molar-refractivity contribution in [2.45, 2.75) is 58.9 Å². The second-order valence-corrected chi connectivity index (χ2v) is 6.22. The fourth-order valence-electron chi connectivity index (χ4n) is 2.38. The zero-order chi connectivity index (χ0) is 12.0. The van der Waals surface area contributed by atoms with E-state index in [1.807, 2.05) is 0 Å². The van der Waals surface area contributed by atoms with Crippen molar-refractivity contribution in [1.29, 1.82) is 0 Å². The molecule has 0 saturated carbocycles. The maximum atomic E-state index is 3.55. The average Bonchev–Trinajstić information content (AvgIpc) is 2.24. The summed E-state index contributed by atoms with van der Waals surface area (Å²) in [6.45, 7) is 14.1. The third kappa shape index (κ3) is 5.86. The van der Waals surface area contributed by atoms with E-state index in [9.17, 15) is 0 Å². The van der Waals surface area contributed by atoms with Crippen LogP contribution < -0.4 is 5.32 Å². The predicted molar refractivity (Wildman–Crippen MR) is 71.8 cm³/mol. The minimum atomic E-state index is 0.273. The lowest BCUT2D eigenvalue weighted by Gasteiger charge is -2.31. The van der Waals surface area contributed by atoms with E-state index in [2.05, 4.69) is 37.9 Å². The Morgan fingerprint density at radius 1 is 1.19 bits per heavy atom. The molecular formula is C14H30N2. The fourth-order valence-corrected chi connectivity index (χ4v) is 2.38. The summed E-state index contributed by atoms with van der Waals surface area (Å²) in [5.41, 5.74) is 0.273. The SMILES string of the molecule is CCC1CCN(CCCNC(C)(C)C)CC1. The van der Waals surface area contributed by atoms with E-state index in [0.717, 1.165) is 12.5 Å². The first-order valence-electron chi connectivity index (χ1n) is 6.98. The van der Waals surface area contributed by atoms with Gasteiger partial charge in [-0.1, -0.05) is 13.3 Å². The van der Waals surface area contributed by atoms with E-state index in [1.54, 1.807) is 0 Å². The third-order valence-electron chi connectivity index (χ3n) is 3.59. The van der Waals surface area contributed by atoms with Crippen LogP contribution in [-0.2, 0) is 0 Å². The van der Waals surface area contributed by atoms with Crippen molar-refractivity contribution in [3.63, 3.8) is 0 Å². The number of piperidine rings is 1. The molecule has 96 valence electrons.